The van der Waals surface area contributed by atoms with E-state index < -0.39 is 6.43 Å². The average molecular weight is 161 g/mol. The minimum atomic E-state index is -2.09. The van der Waals surface area contributed by atoms with Crippen LogP contribution in [0.4, 0.5) is 8.78 Å². The second-order valence-corrected chi connectivity index (χ2v) is 3.70. The quantitative estimate of drug-likeness (QED) is 0.665. The molecule has 0 spiro atoms. The summed E-state index contributed by atoms with van der Waals surface area (Å²) in [5.41, 5.74) is 0. The zero-order valence-corrected chi connectivity index (χ0v) is 6.39. The first-order valence-corrected chi connectivity index (χ1v) is 4.30. The highest BCUT2D eigenvalue weighted by Gasteiger charge is 2.37. The highest BCUT2D eigenvalue weighted by atomic mass is 19.3. The zero-order chi connectivity index (χ0) is 7.84. The number of hydrogen-bond acceptors (Lipinski definition) is 1. The lowest BCUT2D eigenvalue weighted by Gasteiger charge is -2.35. The Bertz CT molecular complexity index is 139. The maximum atomic E-state index is 12.0. The summed E-state index contributed by atoms with van der Waals surface area (Å²) in [6, 6.07) is 1.07. The van der Waals surface area contributed by atoms with Crippen molar-refractivity contribution >= 4 is 0 Å². The van der Waals surface area contributed by atoms with Crippen molar-refractivity contribution in [3.63, 3.8) is 0 Å². The van der Waals surface area contributed by atoms with Crippen molar-refractivity contribution in [2.24, 2.45) is 5.92 Å². The lowest BCUT2D eigenvalue weighted by Crippen LogP contribution is -2.44. The maximum absolute atomic E-state index is 12.0. The number of nitrogens with one attached hydrogen (secondary N) is 1. The molecule has 0 aromatic carbocycles. The Kier molecular flexibility index (Phi) is 1.83. The summed E-state index contributed by atoms with van der Waals surface area (Å²) in [5, 5.41) is 3.34. The van der Waals surface area contributed by atoms with Crippen LogP contribution in [0.15, 0.2) is 0 Å². The van der Waals surface area contributed by atoms with Gasteiger partial charge in [0.25, 0.3) is 0 Å². The Morgan fingerprint density at radius 3 is 2.18 bits per heavy atom. The third kappa shape index (κ3) is 1.70. The lowest BCUT2D eigenvalue weighted by molar-refractivity contribution is 0.0156. The summed E-state index contributed by atoms with van der Waals surface area (Å²) < 4.78 is 24.0. The van der Waals surface area contributed by atoms with Crippen molar-refractivity contribution in [3.05, 3.63) is 0 Å². The molecule has 0 heterocycles. The van der Waals surface area contributed by atoms with Crippen molar-refractivity contribution in [2.75, 3.05) is 0 Å². The molecule has 2 fully saturated rings. The van der Waals surface area contributed by atoms with E-state index in [0.717, 1.165) is 0 Å². The van der Waals surface area contributed by atoms with Gasteiger partial charge in [0.2, 0.25) is 6.43 Å². The molecule has 0 aromatic heterocycles. The van der Waals surface area contributed by atoms with E-state index in [-0.39, 0.29) is 5.92 Å². The van der Waals surface area contributed by atoms with Gasteiger partial charge in [0.05, 0.1) is 0 Å². The summed E-state index contributed by atoms with van der Waals surface area (Å²) in [5.74, 6) is -0.314. The normalized spacial score (nSPS) is 37.4. The molecule has 3 heteroatoms. The first-order valence-electron chi connectivity index (χ1n) is 4.30. The number of alkyl halides is 2. The molecule has 0 radical (unpaired) electrons. The van der Waals surface area contributed by atoms with Crippen molar-refractivity contribution in [1.29, 1.82) is 0 Å². The van der Waals surface area contributed by atoms with Crippen molar-refractivity contribution in [1.82, 2.24) is 5.32 Å². The fourth-order valence-electron chi connectivity index (χ4n) is 1.59. The average Bonchev–Trinajstić information content (AvgIpc) is 2.58. The van der Waals surface area contributed by atoms with Gasteiger partial charge in [-0.05, 0) is 25.7 Å². The van der Waals surface area contributed by atoms with Crippen LogP contribution in [0.1, 0.15) is 25.7 Å². The van der Waals surface area contributed by atoms with E-state index in [2.05, 4.69) is 5.32 Å². The van der Waals surface area contributed by atoms with Crippen LogP contribution in [-0.4, -0.2) is 18.5 Å². The molecule has 11 heavy (non-hydrogen) atoms. The van der Waals surface area contributed by atoms with Crippen molar-refractivity contribution in [2.45, 2.75) is 44.2 Å². The Morgan fingerprint density at radius 2 is 1.73 bits per heavy atom. The van der Waals surface area contributed by atoms with E-state index in [9.17, 15) is 8.78 Å². The highest BCUT2D eigenvalue weighted by molar-refractivity contribution is 4.92. The molecule has 0 unspecified atom stereocenters. The molecule has 2 aliphatic carbocycles. The lowest BCUT2D eigenvalue weighted by atomic mass is 9.80. The van der Waals surface area contributed by atoms with E-state index >= 15 is 0 Å². The molecule has 2 rings (SSSR count). The largest absolute Gasteiger partial charge is 0.311 e. The van der Waals surface area contributed by atoms with E-state index in [1.54, 1.807) is 0 Å². The Morgan fingerprint density at radius 1 is 1.09 bits per heavy atom. The second kappa shape index (κ2) is 2.70. The van der Waals surface area contributed by atoms with E-state index in [4.69, 9.17) is 0 Å². The fourth-order valence-corrected chi connectivity index (χ4v) is 1.59. The van der Waals surface area contributed by atoms with E-state index in [1.165, 1.54) is 12.8 Å². The Balaban J connectivity index is 1.63. The van der Waals surface area contributed by atoms with Gasteiger partial charge in [-0.15, -0.1) is 0 Å². The first kappa shape index (κ1) is 7.47. The highest BCUT2D eigenvalue weighted by Crippen LogP contribution is 2.34. The molecule has 2 saturated carbocycles. The van der Waals surface area contributed by atoms with Crippen molar-refractivity contribution in [3.8, 4) is 0 Å². The molecular formula is C8H13F2N. The number of halogens is 2. The van der Waals surface area contributed by atoms with Gasteiger partial charge < -0.3 is 5.32 Å². The van der Waals surface area contributed by atoms with Crippen molar-refractivity contribution < 1.29 is 8.78 Å². The van der Waals surface area contributed by atoms with E-state index in [0.29, 0.717) is 24.9 Å². The number of rotatable bonds is 3. The van der Waals surface area contributed by atoms with Crippen LogP contribution < -0.4 is 5.32 Å². The van der Waals surface area contributed by atoms with Gasteiger partial charge in [-0.1, -0.05) is 0 Å². The molecule has 0 amide bonds. The van der Waals surface area contributed by atoms with Gasteiger partial charge >= 0.3 is 0 Å². The van der Waals surface area contributed by atoms with Crippen LogP contribution in [-0.2, 0) is 0 Å². The minimum Gasteiger partial charge on any atom is -0.311 e. The van der Waals surface area contributed by atoms with Gasteiger partial charge in [0, 0.05) is 18.0 Å². The minimum absolute atomic E-state index is 0.314. The van der Waals surface area contributed by atoms with Crippen LogP contribution in [0.3, 0.4) is 0 Å². The summed E-state index contributed by atoms with van der Waals surface area (Å²) in [4.78, 5) is 0. The van der Waals surface area contributed by atoms with Gasteiger partial charge in [0.1, 0.15) is 0 Å². The molecular weight excluding hydrogens is 148 g/mol. The molecule has 0 bridgehead atoms. The van der Waals surface area contributed by atoms with Gasteiger partial charge in [-0.25, -0.2) is 8.78 Å². The third-order valence-electron chi connectivity index (χ3n) is 2.58. The van der Waals surface area contributed by atoms with Crippen LogP contribution in [0, 0.1) is 5.92 Å². The molecule has 64 valence electrons. The molecule has 1 N–H and O–H groups in total. The molecule has 0 atom stereocenters. The molecule has 0 saturated heterocycles. The van der Waals surface area contributed by atoms with Crippen LogP contribution in [0.25, 0.3) is 0 Å². The smallest absolute Gasteiger partial charge is 0.241 e. The zero-order valence-electron chi connectivity index (χ0n) is 6.39. The molecule has 0 aliphatic heterocycles. The fraction of sp³-hybridized carbons (Fsp3) is 1.00. The topological polar surface area (TPSA) is 12.0 Å². The van der Waals surface area contributed by atoms with Crippen LogP contribution in [0.5, 0.6) is 0 Å². The predicted octanol–water partition coefficient (Wildman–Crippen LogP) is 1.78. The molecule has 0 aromatic rings. The monoisotopic (exact) mass is 161 g/mol. The summed E-state index contributed by atoms with van der Waals surface area (Å²) in [7, 11) is 0. The van der Waals surface area contributed by atoms with E-state index in [1.807, 2.05) is 0 Å². The Labute approximate surface area is 65.2 Å². The molecule has 1 nitrogen and oxygen atoms in total. The standard InChI is InChI=1S/C8H13F2N/c9-8(10)5-3-7(4-5)11-6-1-2-6/h5-8,11H,1-4H2. The summed E-state index contributed by atoms with van der Waals surface area (Å²) in [6.07, 6.45) is 1.78. The first-order chi connectivity index (χ1) is 5.25. The third-order valence-corrected chi connectivity index (χ3v) is 2.58. The van der Waals surface area contributed by atoms with Crippen LogP contribution >= 0.6 is 0 Å². The summed E-state index contributed by atoms with van der Waals surface area (Å²) in [6.45, 7) is 0. The summed E-state index contributed by atoms with van der Waals surface area (Å²) >= 11 is 0. The Hall–Kier alpha value is -0.180. The van der Waals surface area contributed by atoms with Gasteiger partial charge in [-0.3, -0.25) is 0 Å². The number of hydrogen-bond donors (Lipinski definition) is 1. The maximum Gasteiger partial charge on any atom is 0.241 e. The van der Waals surface area contributed by atoms with Gasteiger partial charge in [-0.2, -0.15) is 0 Å². The van der Waals surface area contributed by atoms with Crippen LogP contribution in [0.2, 0.25) is 0 Å². The van der Waals surface area contributed by atoms with Gasteiger partial charge in [0.15, 0.2) is 0 Å². The predicted molar refractivity (Wildman–Crippen MR) is 38.7 cm³/mol. The molecule has 2 aliphatic rings. The SMILES string of the molecule is FC(F)C1CC(NC2CC2)C1. The second-order valence-electron chi connectivity index (χ2n) is 3.70.